The highest BCUT2D eigenvalue weighted by Gasteiger charge is 2.40. The van der Waals surface area contributed by atoms with Crippen molar-refractivity contribution < 1.29 is 19.4 Å². The van der Waals surface area contributed by atoms with Gasteiger partial charge in [0.15, 0.2) is 0 Å². The number of benzene rings is 2. The molecule has 4 nitrogen and oxygen atoms in total. The summed E-state index contributed by atoms with van der Waals surface area (Å²) in [5, 5.41) is 10.0. The van der Waals surface area contributed by atoms with E-state index in [9.17, 15) is 9.90 Å². The van der Waals surface area contributed by atoms with Crippen LogP contribution in [0.1, 0.15) is 47.2 Å². The van der Waals surface area contributed by atoms with Gasteiger partial charge in [-0.3, -0.25) is 0 Å². The van der Waals surface area contributed by atoms with E-state index < -0.39 is 11.6 Å². The van der Waals surface area contributed by atoms with E-state index in [0.717, 1.165) is 42.6 Å². The van der Waals surface area contributed by atoms with Crippen LogP contribution in [0.3, 0.4) is 0 Å². The van der Waals surface area contributed by atoms with E-state index in [-0.39, 0.29) is 11.3 Å². The highest BCUT2D eigenvalue weighted by Crippen LogP contribution is 2.43. The van der Waals surface area contributed by atoms with Crippen molar-refractivity contribution in [2.24, 2.45) is 0 Å². The van der Waals surface area contributed by atoms with Gasteiger partial charge in [0.1, 0.15) is 22.7 Å². The molecular formula is C21H22O4. The molecule has 0 saturated heterocycles. The van der Waals surface area contributed by atoms with Crippen LogP contribution in [-0.4, -0.2) is 18.2 Å². The molecule has 0 atom stereocenters. The maximum atomic E-state index is 12.8. The number of carbonyl (C=O) groups is 1. The van der Waals surface area contributed by atoms with Gasteiger partial charge < -0.3 is 14.6 Å². The Hall–Kier alpha value is -2.75. The standard InChI is InChI=1S/C21H22O4/c1-3-15-6-11-19(22)18(14-15)20(23)25-21(12-4-5-13-21)16-7-9-17(24-2)10-8-16/h3,6-11,14,22H,1,4-5,12-13H2,2H3. The average molecular weight is 338 g/mol. The van der Waals surface area contributed by atoms with Crippen LogP contribution < -0.4 is 4.74 Å². The molecule has 2 aromatic rings. The van der Waals surface area contributed by atoms with Crippen molar-refractivity contribution in [2.75, 3.05) is 7.11 Å². The fraction of sp³-hybridized carbons (Fsp3) is 0.286. The first-order chi connectivity index (χ1) is 12.1. The first kappa shape index (κ1) is 17.1. The van der Waals surface area contributed by atoms with Crippen molar-refractivity contribution in [1.29, 1.82) is 0 Å². The van der Waals surface area contributed by atoms with Crippen LogP contribution in [0.2, 0.25) is 0 Å². The molecule has 0 bridgehead atoms. The van der Waals surface area contributed by atoms with Gasteiger partial charge in [0.2, 0.25) is 0 Å². The molecule has 0 spiro atoms. The Morgan fingerprint density at radius 1 is 1.16 bits per heavy atom. The first-order valence-corrected chi connectivity index (χ1v) is 8.41. The number of aromatic hydroxyl groups is 1. The third-order valence-electron chi connectivity index (χ3n) is 4.79. The van der Waals surface area contributed by atoms with Gasteiger partial charge in [-0.2, -0.15) is 0 Å². The Balaban J connectivity index is 1.91. The summed E-state index contributed by atoms with van der Waals surface area (Å²) in [6, 6.07) is 12.4. The maximum absolute atomic E-state index is 12.8. The summed E-state index contributed by atoms with van der Waals surface area (Å²) in [7, 11) is 1.62. The lowest BCUT2D eigenvalue weighted by atomic mass is 9.91. The van der Waals surface area contributed by atoms with E-state index in [4.69, 9.17) is 9.47 Å². The Kier molecular flexibility index (Phi) is 4.79. The number of phenols is 1. The van der Waals surface area contributed by atoms with Gasteiger partial charge in [-0.05, 0) is 61.1 Å². The predicted octanol–water partition coefficient (Wildman–Crippen LogP) is 4.67. The molecule has 4 heteroatoms. The molecular weight excluding hydrogens is 316 g/mol. The van der Waals surface area contributed by atoms with Gasteiger partial charge in [-0.15, -0.1) is 0 Å². The highest BCUT2D eigenvalue weighted by molar-refractivity contribution is 5.93. The quantitative estimate of drug-likeness (QED) is 0.805. The van der Waals surface area contributed by atoms with Gasteiger partial charge in [-0.25, -0.2) is 4.79 Å². The summed E-state index contributed by atoms with van der Waals surface area (Å²) in [6.07, 6.45) is 5.17. The molecule has 0 radical (unpaired) electrons. The lowest BCUT2D eigenvalue weighted by molar-refractivity contribution is -0.0186. The van der Waals surface area contributed by atoms with Gasteiger partial charge in [0.05, 0.1) is 7.11 Å². The number of hydrogen-bond acceptors (Lipinski definition) is 4. The van der Waals surface area contributed by atoms with Gasteiger partial charge in [0.25, 0.3) is 0 Å². The zero-order valence-electron chi connectivity index (χ0n) is 14.3. The van der Waals surface area contributed by atoms with Crippen LogP contribution in [0, 0.1) is 0 Å². The number of carbonyl (C=O) groups excluding carboxylic acids is 1. The zero-order valence-corrected chi connectivity index (χ0v) is 14.3. The topological polar surface area (TPSA) is 55.8 Å². The lowest BCUT2D eigenvalue weighted by Gasteiger charge is -2.30. The molecule has 0 heterocycles. The molecule has 0 unspecified atom stereocenters. The van der Waals surface area contributed by atoms with Crippen molar-refractivity contribution in [1.82, 2.24) is 0 Å². The fourth-order valence-electron chi connectivity index (χ4n) is 3.37. The van der Waals surface area contributed by atoms with Crippen molar-refractivity contribution >= 4 is 12.0 Å². The van der Waals surface area contributed by atoms with Crippen LogP contribution >= 0.6 is 0 Å². The molecule has 1 saturated carbocycles. The second kappa shape index (κ2) is 7.01. The molecule has 1 fully saturated rings. The monoisotopic (exact) mass is 338 g/mol. The minimum absolute atomic E-state index is 0.0847. The molecule has 2 aromatic carbocycles. The molecule has 0 aliphatic heterocycles. The second-order valence-corrected chi connectivity index (χ2v) is 6.30. The SMILES string of the molecule is C=Cc1ccc(O)c(C(=O)OC2(c3ccc(OC)cc3)CCCC2)c1. The molecule has 1 N–H and O–H groups in total. The van der Waals surface area contributed by atoms with Crippen molar-refractivity contribution in [3.05, 3.63) is 65.7 Å². The number of esters is 1. The minimum Gasteiger partial charge on any atom is -0.507 e. The molecule has 0 amide bonds. The van der Waals surface area contributed by atoms with E-state index in [1.165, 1.54) is 6.07 Å². The van der Waals surface area contributed by atoms with E-state index in [1.54, 1.807) is 25.3 Å². The largest absolute Gasteiger partial charge is 0.507 e. The lowest BCUT2D eigenvalue weighted by Crippen LogP contribution is -2.29. The Morgan fingerprint density at radius 3 is 2.44 bits per heavy atom. The second-order valence-electron chi connectivity index (χ2n) is 6.30. The maximum Gasteiger partial charge on any atom is 0.342 e. The smallest absolute Gasteiger partial charge is 0.342 e. The van der Waals surface area contributed by atoms with Crippen LogP contribution in [0.4, 0.5) is 0 Å². The molecule has 0 aromatic heterocycles. The summed E-state index contributed by atoms with van der Waals surface area (Å²) >= 11 is 0. The molecule has 1 aliphatic carbocycles. The Morgan fingerprint density at radius 2 is 1.84 bits per heavy atom. The van der Waals surface area contributed by atoms with Gasteiger partial charge in [-0.1, -0.05) is 30.9 Å². The molecule has 130 valence electrons. The van der Waals surface area contributed by atoms with Crippen molar-refractivity contribution in [2.45, 2.75) is 31.3 Å². The average Bonchev–Trinajstić information content (AvgIpc) is 3.11. The summed E-state index contributed by atoms with van der Waals surface area (Å²) in [5.74, 6) is 0.164. The van der Waals surface area contributed by atoms with Gasteiger partial charge in [0, 0.05) is 0 Å². The highest BCUT2D eigenvalue weighted by atomic mass is 16.6. The van der Waals surface area contributed by atoms with Crippen molar-refractivity contribution in [3.8, 4) is 11.5 Å². The van der Waals surface area contributed by atoms with Crippen molar-refractivity contribution in [3.63, 3.8) is 0 Å². The summed E-state index contributed by atoms with van der Waals surface area (Å²) in [4.78, 5) is 12.8. The van der Waals surface area contributed by atoms with Crippen LogP contribution in [0.15, 0.2) is 49.0 Å². The Labute approximate surface area is 147 Å². The number of rotatable bonds is 5. The van der Waals surface area contributed by atoms with Crippen LogP contribution in [-0.2, 0) is 10.3 Å². The third-order valence-corrected chi connectivity index (χ3v) is 4.79. The van der Waals surface area contributed by atoms with E-state index >= 15 is 0 Å². The number of phenolic OH excluding ortho intramolecular Hbond substituents is 1. The summed E-state index contributed by atoms with van der Waals surface area (Å²) < 4.78 is 11.2. The zero-order chi connectivity index (χ0) is 17.9. The van der Waals surface area contributed by atoms with E-state index in [2.05, 4.69) is 6.58 Å². The van der Waals surface area contributed by atoms with Crippen LogP contribution in [0.25, 0.3) is 6.08 Å². The Bertz CT molecular complexity index is 771. The number of hydrogen-bond donors (Lipinski definition) is 1. The molecule has 3 rings (SSSR count). The van der Waals surface area contributed by atoms with E-state index in [0.29, 0.717) is 0 Å². The number of ether oxygens (including phenoxy) is 2. The fourth-order valence-corrected chi connectivity index (χ4v) is 3.37. The minimum atomic E-state index is -0.653. The number of methoxy groups -OCH3 is 1. The summed E-state index contributed by atoms with van der Waals surface area (Å²) in [6.45, 7) is 3.70. The third kappa shape index (κ3) is 3.38. The molecule has 1 aliphatic rings. The molecule has 25 heavy (non-hydrogen) atoms. The predicted molar refractivity (Wildman–Crippen MR) is 96.8 cm³/mol. The first-order valence-electron chi connectivity index (χ1n) is 8.41. The van der Waals surface area contributed by atoms with Crippen LogP contribution in [0.5, 0.6) is 11.5 Å². The van der Waals surface area contributed by atoms with Gasteiger partial charge >= 0.3 is 5.97 Å². The van der Waals surface area contributed by atoms with E-state index in [1.807, 2.05) is 24.3 Å². The normalized spacial score (nSPS) is 15.6. The summed E-state index contributed by atoms with van der Waals surface area (Å²) in [5.41, 5.74) is 1.23.